The highest BCUT2D eigenvalue weighted by Crippen LogP contribution is 2.43. The van der Waals surface area contributed by atoms with Crippen LogP contribution in [0.25, 0.3) is 0 Å². The van der Waals surface area contributed by atoms with Gasteiger partial charge in [-0.2, -0.15) is 0 Å². The summed E-state index contributed by atoms with van der Waals surface area (Å²) >= 11 is 0. The predicted molar refractivity (Wildman–Crippen MR) is 73.5 cm³/mol. The van der Waals surface area contributed by atoms with E-state index in [4.69, 9.17) is 4.84 Å². The number of nitrogens with one attached hydrogen (secondary N) is 1. The fraction of sp³-hybridized carbons (Fsp3) is 0.857. The van der Waals surface area contributed by atoms with Gasteiger partial charge in [-0.3, -0.25) is 4.79 Å². The number of oxime groups is 1. The fourth-order valence-electron chi connectivity index (χ4n) is 1.91. The van der Waals surface area contributed by atoms with E-state index >= 15 is 0 Å². The minimum atomic E-state index is -0.443. The summed E-state index contributed by atoms with van der Waals surface area (Å²) < 4.78 is 0. The van der Waals surface area contributed by atoms with Crippen LogP contribution in [0.1, 0.15) is 54.9 Å². The molecule has 1 heterocycles. The van der Waals surface area contributed by atoms with Crippen molar-refractivity contribution in [2.45, 2.75) is 60.5 Å². The summed E-state index contributed by atoms with van der Waals surface area (Å²) in [5, 5.41) is 7.14. The van der Waals surface area contributed by atoms with Crippen LogP contribution in [0.5, 0.6) is 0 Å². The Morgan fingerprint density at radius 1 is 1.33 bits per heavy atom. The first-order valence-electron chi connectivity index (χ1n) is 6.48. The molecule has 0 aromatic heterocycles. The van der Waals surface area contributed by atoms with Crippen LogP contribution in [-0.2, 0) is 9.63 Å². The predicted octanol–water partition coefficient (Wildman–Crippen LogP) is 2.73. The van der Waals surface area contributed by atoms with Gasteiger partial charge in [-0.25, -0.2) is 0 Å². The standard InChI is InChI=1S/C14H26N2O2/c1-10(17)15-9-14(13(5,6)7)8-11(16-18-14)12(2,3)4/h8-9H2,1-7H3,(H,15,17). The minimum Gasteiger partial charge on any atom is -0.386 e. The average molecular weight is 254 g/mol. The van der Waals surface area contributed by atoms with Crippen molar-refractivity contribution in [3.63, 3.8) is 0 Å². The smallest absolute Gasteiger partial charge is 0.217 e. The topological polar surface area (TPSA) is 50.7 Å². The number of nitrogens with zero attached hydrogens (tertiary/aromatic N) is 1. The largest absolute Gasteiger partial charge is 0.386 e. The van der Waals surface area contributed by atoms with E-state index in [2.05, 4.69) is 52.0 Å². The number of rotatable bonds is 2. The van der Waals surface area contributed by atoms with Gasteiger partial charge in [0.2, 0.25) is 5.91 Å². The van der Waals surface area contributed by atoms with Crippen molar-refractivity contribution in [1.29, 1.82) is 0 Å². The Kier molecular flexibility index (Phi) is 3.80. The molecule has 1 rings (SSSR count). The Morgan fingerprint density at radius 2 is 1.89 bits per heavy atom. The second-order valence-electron chi connectivity index (χ2n) is 7.21. The van der Waals surface area contributed by atoms with E-state index in [1.54, 1.807) is 0 Å². The first kappa shape index (κ1) is 15.0. The molecule has 1 unspecified atom stereocenters. The molecule has 0 saturated heterocycles. The summed E-state index contributed by atoms with van der Waals surface area (Å²) in [5.74, 6) is -0.0357. The molecule has 1 atom stereocenters. The molecule has 4 nitrogen and oxygen atoms in total. The summed E-state index contributed by atoms with van der Waals surface area (Å²) in [6.45, 7) is 14.8. The van der Waals surface area contributed by atoms with Crippen LogP contribution in [0, 0.1) is 10.8 Å². The summed E-state index contributed by atoms with van der Waals surface area (Å²) in [6.07, 6.45) is 0.764. The third kappa shape index (κ3) is 3.03. The van der Waals surface area contributed by atoms with E-state index in [-0.39, 0.29) is 16.7 Å². The van der Waals surface area contributed by atoms with Crippen molar-refractivity contribution in [1.82, 2.24) is 5.32 Å². The van der Waals surface area contributed by atoms with Crippen LogP contribution in [0.2, 0.25) is 0 Å². The molecule has 4 heteroatoms. The zero-order valence-electron chi connectivity index (χ0n) is 12.7. The maximum atomic E-state index is 11.1. The van der Waals surface area contributed by atoms with Gasteiger partial charge in [0.25, 0.3) is 0 Å². The SMILES string of the molecule is CC(=O)NCC1(C(C)(C)C)CC(C(C)(C)C)=NO1. The lowest BCUT2D eigenvalue weighted by molar-refractivity contribution is -0.124. The van der Waals surface area contributed by atoms with E-state index in [0.29, 0.717) is 6.54 Å². The molecule has 1 aliphatic heterocycles. The van der Waals surface area contributed by atoms with Gasteiger partial charge < -0.3 is 10.2 Å². The molecule has 0 bridgehead atoms. The van der Waals surface area contributed by atoms with Gasteiger partial charge in [0.05, 0.1) is 12.3 Å². The highest BCUT2D eigenvalue weighted by Gasteiger charge is 2.50. The summed E-state index contributed by atoms with van der Waals surface area (Å²) in [5.41, 5.74) is 0.527. The molecular formula is C14H26N2O2. The molecule has 0 fully saturated rings. The van der Waals surface area contributed by atoms with Crippen molar-refractivity contribution in [2.24, 2.45) is 16.0 Å². The lowest BCUT2D eigenvalue weighted by Gasteiger charge is -2.39. The van der Waals surface area contributed by atoms with Crippen molar-refractivity contribution < 1.29 is 9.63 Å². The number of amides is 1. The van der Waals surface area contributed by atoms with Crippen LogP contribution in [-0.4, -0.2) is 23.8 Å². The molecule has 0 saturated carbocycles. The number of carbonyl (C=O) groups is 1. The molecule has 104 valence electrons. The number of hydrogen-bond acceptors (Lipinski definition) is 3. The monoisotopic (exact) mass is 254 g/mol. The molecule has 0 aromatic rings. The Balaban J connectivity index is 2.90. The van der Waals surface area contributed by atoms with Crippen LogP contribution >= 0.6 is 0 Å². The fourth-order valence-corrected chi connectivity index (χ4v) is 1.91. The molecule has 0 aliphatic carbocycles. The molecular weight excluding hydrogens is 228 g/mol. The second-order valence-corrected chi connectivity index (χ2v) is 7.21. The Morgan fingerprint density at radius 3 is 2.22 bits per heavy atom. The van der Waals surface area contributed by atoms with E-state index in [1.165, 1.54) is 6.92 Å². The highest BCUT2D eigenvalue weighted by atomic mass is 16.7. The van der Waals surface area contributed by atoms with E-state index in [9.17, 15) is 4.79 Å². The van der Waals surface area contributed by atoms with Crippen LogP contribution in [0.3, 0.4) is 0 Å². The summed E-state index contributed by atoms with van der Waals surface area (Å²) in [7, 11) is 0. The second kappa shape index (κ2) is 4.56. The van der Waals surface area contributed by atoms with Gasteiger partial charge >= 0.3 is 0 Å². The molecule has 1 aliphatic rings. The van der Waals surface area contributed by atoms with Gasteiger partial charge in [0.15, 0.2) is 5.60 Å². The van der Waals surface area contributed by atoms with Crippen molar-refractivity contribution in [2.75, 3.05) is 6.54 Å². The third-order valence-corrected chi connectivity index (χ3v) is 3.64. The maximum Gasteiger partial charge on any atom is 0.217 e. The van der Waals surface area contributed by atoms with Crippen LogP contribution < -0.4 is 5.32 Å². The zero-order chi connectivity index (χ0) is 14.2. The zero-order valence-corrected chi connectivity index (χ0v) is 12.7. The number of hydrogen-bond donors (Lipinski definition) is 1. The minimum absolute atomic E-state index is 0.00320. The molecule has 0 radical (unpaired) electrons. The lowest BCUT2D eigenvalue weighted by Crippen LogP contribution is -2.52. The quantitative estimate of drug-likeness (QED) is 0.823. The molecule has 18 heavy (non-hydrogen) atoms. The van der Waals surface area contributed by atoms with Crippen LogP contribution in [0.4, 0.5) is 0 Å². The maximum absolute atomic E-state index is 11.1. The normalized spacial score (nSPS) is 24.5. The Bertz CT molecular complexity index is 361. The summed E-state index contributed by atoms with van der Waals surface area (Å²) in [4.78, 5) is 16.9. The molecule has 0 spiro atoms. The molecule has 1 N–H and O–H groups in total. The Hall–Kier alpha value is -1.06. The van der Waals surface area contributed by atoms with Gasteiger partial charge in [-0.15, -0.1) is 0 Å². The van der Waals surface area contributed by atoms with Crippen molar-refractivity contribution in [3.05, 3.63) is 0 Å². The van der Waals surface area contributed by atoms with Gasteiger partial charge in [0.1, 0.15) is 0 Å². The van der Waals surface area contributed by atoms with E-state index < -0.39 is 5.60 Å². The van der Waals surface area contributed by atoms with Gasteiger partial charge in [-0.05, 0) is 0 Å². The average Bonchev–Trinajstić information content (AvgIpc) is 2.58. The highest BCUT2D eigenvalue weighted by molar-refractivity contribution is 5.91. The van der Waals surface area contributed by atoms with E-state index in [1.807, 2.05) is 0 Å². The Labute approximate surface area is 110 Å². The molecule has 0 aromatic carbocycles. The van der Waals surface area contributed by atoms with E-state index in [0.717, 1.165) is 12.1 Å². The lowest BCUT2D eigenvalue weighted by atomic mass is 9.71. The first-order chi connectivity index (χ1) is 7.98. The third-order valence-electron chi connectivity index (χ3n) is 3.64. The molecule has 1 amide bonds. The first-order valence-corrected chi connectivity index (χ1v) is 6.48. The summed E-state index contributed by atoms with van der Waals surface area (Å²) in [6, 6.07) is 0. The van der Waals surface area contributed by atoms with Crippen LogP contribution in [0.15, 0.2) is 5.16 Å². The van der Waals surface area contributed by atoms with Crippen molar-refractivity contribution in [3.8, 4) is 0 Å². The number of carbonyl (C=O) groups excluding carboxylic acids is 1. The van der Waals surface area contributed by atoms with Gasteiger partial charge in [-0.1, -0.05) is 46.7 Å². The van der Waals surface area contributed by atoms with Crippen molar-refractivity contribution >= 4 is 11.6 Å². The van der Waals surface area contributed by atoms with Gasteiger partial charge in [0, 0.05) is 24.2 Å².